The first-order chi connectivity index (χ1) is 28.6. The maximum Gasteiger partial charge on any atom is 0.347 e. The first kappa shape index (κ1) is 49.4. The molecule has 8 bridgehead atoms. The zero-order valence-corrected chi connectivity index (χ0v) is 42.4. The Kier molecular flexibility index (Phi) is 15.0. The molecule has 12 heteroatoms. The Balaban J connectivity index is 1.96. The van der Waals surface area contributed by atoms with Gasteiger partial charge in [0, 0.05) is 0 Å². The average Bonchev–Trinajstić information content (AvgIpc) is 3.14. The lowest BCUT2D eigenvalue weighted by molar-refractivity contribution is -0.151. The van der Waals surface area contributed by atoms with Gasteiger partial charge >= 0.3 is 11.9 Å². The van der Waals surface area contributed by atoms with Crippen molar-refractivity contribution in [1.29, 1.82) is 0 Å². The van der Waals surface area contributed by atoms with Crippen LogP contribution >= 0.6 is 47.0 Å². The van der Waals surface area contributed by atoms with E-state index in [1.165, 1.54) is 47.0 Å². The van der Waals surface area contributed by atoms with Gasteiger partial charge in [0.1, 0.15) is 23.0 Å². The van der Waals surface area contributed by atoms with Gasteiger partial charge in [-0.1, -0.05) is 130 Å². The summed E-state index contributed by atoms with van der Waals surface area (Å²) in [6.07, 6.45) is -1.92. The molecule has 0 amide bonds. The van der Waals surface area contributed by atoms with Gasteiger partial charge in [-0.05, 0) is 120 Å². The van der Waals surface area contributed by atoms with Gasteiger partial charge in [-0.25, -0.2) is 9.59 Å². The number of aromatic hydroxyl groups is 2. The van der Waals surface area contributed by atoms with Crippen molar-refractivity contribution in [2.45, 2.75) is 184 Å². The maximum absolute atomic E-state index is 13.2. The molecular formula is C50H64O8S4. The summed E-state index contributed by atoms with van der Waals surface area (Å²) in [6.45, 7) is 32.9. The van der Waals surface area contributed by atoms with E-state index in [-0.39, 0.29) is 46.4 Å². The first-order valence-corrected chi connectivity index (χ1v) is 24.4. The summed E-state index contributed by atoms with van der Waals surface area (Å²) in [5.41, 5.74) is 2.73. The van der Waals surface area contributed by atoms with Gasteiger partial charge in [0.2, 0.25) is 0 Å². The summed E-state index contributed by atoms with van der Waals surface area (Å²) in [5, 5.41) is 24.9. The van der Waals surface area contributed by atoms with Crippen LogP contribution in [-0.2, 0) is 40.7 Å². The van der Waals surface area contributed by atoms with Crippen molar-refractivity contribution >= 4 is 59.0 Å². The molecule has 0 unspecified atom stereocenters. The van der Waals surface area contributed by atoms with Crippen molar-refractivity contribution in [3.05, 3.63) is 70.8 Å². The number of hydrogen-bond donors (Lipinski definition) is 2. The number of carbonyl (C=O) groups is 2. The van der Waals surface area contributed by atoms with Gasteiger partial charge in [-0.3, -0.25) is 0 Å². The van der Waals surface area contributed by atoms with Gasteiger partial charge < -0.3 is 29.2 Å². The van der Waals surface area contributed by atoms with E-state index in [0.717, 1.165) is 22.3 Å². The predicted molar refractivity (Wildman–Crippen MR) is 254 cm³/mol. The number of esters is 2. The Hall–Kier alpha value is -3.58. The van der Waals surface area contributed by atoms with E-state index in [1.54, 1.807) is 27.7 Å². The van der Waals surface area contributed by atoms with E-state index in [1.807, 2.05) is 24.3 Å². The predicted octanol–water partition coefficient (Wildman–Crippen LogP) is 13.9. The molecule has 8 nitrogen and oxygen atoms in total. The van der Waals surface area contributed by atoms with Crippen LogP contribution in [0, 0.1) is 0 Å². The third kappa shape index (κ3) is 11.6. The minimum absolute atomic E-state index is 0.0669. The average molecular weight is 921 g/mol. The molecule has 4 aromatic rings. The molecule has 2 atom stereocenters. The molecule has 0 radical (unpaired) electrons. The SMILES string of the molecule is CCOC(=O)[C@@H](C)Oc1c2cc(C(C)(C)C)cc1Sc1cc(C(C)(C)C)cc(c1O)Sc1cc(C(C)(C)C)cc(c1O[C@H](C)C(=O)OCC)Sc1cc(C(C)(C)C)cc(c1O)S2. The summed E-state index contributed by atoms with van der Waals surface area (Å²) in [5.74, 6) is 0.0114. The summed E-state index contributed by atoms with van der Waals surface area (Å²) in [7, 11) is 0. The highest BCUT2D eigenvalue weighted by molar-refractivity contribution is 8.01. The van der Waals surface area contributed by atoms with E-state index < -0.39 is 24.1 Å². The Morgan fingerprint density at radius 2 is 0.661 bits per heavy atom. The topological polar surface area (TPSA) is 112 Å². The smallest absolute Gasteiger partial charge is 0.347 e. The summed E-state index contributed by atoms with van der Waals surface area (Å²) in [6, 6.07) is 16.3. The fourth-order valence-electron chi connectivity index (χ4n) is 6.34. The number of phenolic OH excluding ortho intramolecular Hbond substituents is 2. The Bertz CT molecular complexity index is 2070. The highest BCUT2D eigenvalue weighted by atomic mass is 32.2. The number of carbonyl (C=O) groups excluding carboxylic acids is 2. The van der Waals surface area contributed by atoms with Crippen LogP contribution in [0.2, 0.25) is 0 Å². The highest BCUT2D eigenvalue weighted by Gasteiger charge is 2.31. The fourth-order valence-corrected chi connectivity index (χ4v) is 10.9. The van der Waals surface area contributed by atoms with Gasteiger partial charge in [-0.15, -0.1) is 0 Å². The van der Waals surface area contributed by atoms with Crippen molar-refractivity contribution in [3.8, 4) is 23.0 Å². The van der Waals surface area contributed by atoms with Gasteiger partial charge in [0.15, 0.2) is 12.2 Å². The fraction of sp³-hybridized carbons (Fsp3) is 0.480. The van der Waals surface area contributed by atoms with Crippen LogP contribution < -0.4 is 9.47 Å². The monoisotopic (exact) mass is 920 g/mol. The molecule has 1 aliphatic rings. The van der Waals surface area contributed by atoms with Crippen molar-refractivity contribution in [2.24, 2.45) is 0 Å². The maximum atomic E-state index is 13.2. The van der Waals surface area contributed by atoms with Crippen molar-refractivity contribution < 1.29 is 38.7 Å². The van der Waals surface area contributed by atoms with Crippen LogP contribution in [0.25, 0.3) is 0 Å². The van der Waals surface area contributed by atoms with Gasteiger partial charge in [-0.2, -0.15) is 0 Å². The highest BCUT2D eigenvalue weighted by Crippen LogP contribution is 2.56. The van der Waals surface area contributed by atoms with Crippen LogP contribution in [0.4, 0.5) is 0 Å². The zero-order valence-electron chi connectivity index (χ0n) is 39.2. The standard InChI is InChI=1S/C50H64O8S4/c1-17-55-45(53)27(3)57-43-37-23-31(49(11,12)13)24-38(43)60-34-20-30(48(8,9)10)22-36(42(34)52)62-40-26-32(50(14,15)16)25-39(44(40)58-28(4)46(54)56-18-2)61-35-21-29(47(5,6)7)19-33(59-37)41(35)51/h19-28,51-52H,17-18H2,1-16H3/t27-,28-/m1/s1. The number of rotatable bonds is 8. The lowest BCUT2D eigenvalue weighted by Crippen LogP contribution is -2.26. The Morgan fingerprint density at radius 3 is 0.855 bits per heavy atom. The molecular weight excluding hydrogens is 857 g/mol. The number of benzene rings is 4. The Morgan fingerprint density at radius 1 is 0.452 bits per heavy atom. The molecule has 336 valence electrons. The quantitative estimate of drug-likeness (QED) is 0.145. The lowest BCUT2D eigenvalue weighted by atomic mass is 9.87. The molecule has 0 spiro atoms. The van der Waals surface area contributed by atoms with E-state index in [9.17, 15) is 19.8 Å². The second-order valence-corrected chi connectivity index (χ2v) is 24.0. The third-order valence-corrected chi connectivity index (χ3v) is 14.5. The normalized spacial score (nSPS) is 14.5. The van der Waals surface area contributed by atoms with Crippen LogP contribution in [-0.4, -0.2) is 47.6 Å². The van der Waals surface area contributed by atoms with Gasteiger partial charge in [0.25, 0.3) is 0 Å². The van der Waals surface area contributed by atoms with Crippen molar-refractivity contribution in [3.63, 3.8) is 0 Å². The number of fused-ring (bicyclic) bond motifs is 8. The molecule has 0 saturated carbocycles. The molecule has 0 fully saturated rings. The van der Waals surface area contributed by atoms with Crippen LogP contribution in [0.5, 0.6) is 23.0 Å². The number of ether oxygens (including phenoxy) is 4. The summed E-state index contributed by atoms with van der Waals surface area (Å²) >= 11 is 5.45. The van der Waals surface area contributed by atoms with E-state index in [2.05, 4.69) is 107 Å². The second-order valence-electron chi connectivity index (χ2n) is 19.7. The van der Waals surface area contributed by atoms with Crippen LogP contribution in [0.3, 0.4) is 0 Å². The molecule has 5 rings (SSSR count). The van der Waals surface area contributed by atoms with E-state index in [0.29, 0.717) is 50.7 Å². The molecule has 0 aromatic heterocycles. The van der Waals surface area contributed by atoms with Gasteiger partial charge in [0.05, 0.1) is 52.4 Å². The lowest BCUT2D eigenvalue weighted by Gasteiger charge is -2.28. The molecule has 0 saturated heterocycles. The zero-order chi connectivity index (χ0) is 46.3. The second kappa shape index (κ2) is 18.9. The van der Waals surface area contributed by atoms with Crippen molar-refractivity contribution in [1.82, 2.24) is 0 Å². The van der Waals surface area contributed by atoms with Crippen molar-refractivity contribution in [2.75, 3.05) is 13.2 Å². The van der Waals surface area contributed by atoms with E-state index >= 15 is 0 Å². The molecule has 0 aliphatic carbocycles. The summed E-state index contributed by atoms with van der Waals surface area (Å²) < 4.78 is 24.1. The van der Waals surface area contributed by atoms with E-state index in [4.69, 9.17) is 18.9 Å². The largest absolute Gasteiger partial charge is 0.506 e. The van der Waals surface area contributed by atoms with Crippen LogP contribution in [0.15, 0.2) is 87.7 Å². The Labute approximate surface area is 386 Å². The van der Waals surface area contributed by atoms with Crippen LogP contribution in [0.1, 0.15) is 133 Å². The molecule has 1 aliphatic heterocycles. The summed E-state index contributed by atoms with van der Waals surface area (Å²) in [4.78, 5) is 31.5. The molecule has 4 aromatic carbocycles. The first-order valence-electron chi connectivity index (χ1n) is 21.1. The molecule has 1 heterocycles. The minimum Gasteiger partial charge on any atom is -0.506 e. The third-order valence-electron chi connectivity index (χ3n) is 10.3. The number of hydrogen-bond acceptors (Lipinski definition) is 12. The number of phenols is 2. The molecule has 2 N–H and O–H groups in total. The molecule has 62 heavy (non-hydrogen) atoms. The minimum atomic E-state index is -0.960.